The number of morpholine rings is 1. The zero-order valence-electron chi connectivity index (χ0n) is 19.6. The molecule has 1 atom stereocenters. The smallest absolute Gasteiger partial charge is 0.309 e. The predicted octanol–water partition coefficient (Wildman–Crippen LogP) is 2.68. The zero-order valence-corrected chi connectivity index (χ0v) is 19.6. The summed E-state index contributed by atoms with van der Waals surface area (Å²) in [6.07, 6.45) is 0.214. The molecule has 0 aromatic heterocycles. The molecule has 2 saturated heterocycles. The highest BCUT2D eigenvalue weighted by atomic mass is 16.5. The van der Waals surface area contributed by atoms with Crippen LogP contribution < -0.4 is 10.2 Å². The lowest BCUT2D eigenvalue weighted by Gasteiger charge is -2.35. The van der Waals surface area contributed by atoms with E-state index >= 15 is 0 Å². The second-order valence-electron chi connectivity index (χ2n) is 9.53. The van der Waals surface area contributed by atoms with Crippen molar-refractivity contribution in [3.05, 3.63) is 24.3 Å². The fourth-order valence-electron chi connectivity index (χ4n) is 3.94. The molecule has 32 heavy (non-hydrogen) atoms. The number of carbonyl (C=O) groups excluding carboxylic acids is 3. The van der Waals surface area contributed by atoms with Gasteiger partial charge >= 0.3 is 5.97 Å². The summed E-state index contributed by atoms with van der Waals surface area (Å²) in [5.74, 6) is -0.935. The molecular formula is C24H35N3O5. The Morgan fingerprint density at radius 1 is 1.03 bits per heavy atom. The maximum absolute atomic E-state index is 12.5. The molecule has 2 fully saturated rings. The van der Waals surface area contributed by atoms with Crippen LogP contribution in [0.2, 0.25) is 0 Å². The second-order valence-corrected chi connectivity index (χ2v) is 9.53. The number of ether oxygens (including phenoxy) is 2. The number of benzene rings is 1. The van der Waals surface area contributed by atoms with Crippen molar-refractivity contribution in [1.82, 2.24) is 4.90 Å². The summed E-state index contributed by atoms with van der Waals surface area (Å²) in [6, 6.07) is 7.62. The van der Waals surface area contributed by atoms with Crippen LogP contribution >= 0.6 is 0 Å². The van der Waals surface area contributed by atoms with Crippen LogP contribution in [-0.2, 0) is 23.9 Å². The Kier molecular flexibility index (Phi) is 7.77. The Morgan fingerprint density at radius 2 is 1.62 bits per heavy atom. The minimum absolute atomic E-state index is 0.0942. The van der Waals surface area contributed by atoms with Gasteiger partial charge in [0.25, 0.3) is 5.91 Å². The Morgan fingerprint density at radius 3 is 2.19 bits per heavy atom. The number of hydrogen-bond acceptors (Lipinski definition) is 6. The molecule has 2 aliphatic heterocycles. The first kappa shape index (κ1) is 24.0. The second kappa shape index (κ2) is 10.3. The van der Waals surface area contributed by atoms with Crippen LogP contribution in [-0.4, -0.2) is 68.2 Å². The molecule has 3 rings (SSSR count). The van der Waals surface area contributed by atoms with Crippen LogP contribution in [0.15, 0.2) is 24.3 Å². The topological polar surface area (TPSA) is 88.2 Å². The maximum atomic E-state index is 12.5. The SMILES string of the molecule is C[C@H](OC(=O)C1CCN(C(=O)C(C)(C)C)CC1)C(=O)Nc1ccc(N2CCOCC2)cc1. The lowest BCUT2D eigenvalue weighted by molar-refractivity contribution is -0.160. The van der Waals surface area contributed by atoms with Crippen molar-refractivity contribution >= 4 is 29.2 Å². The highest BCUT2D eigenvalue weighted by Crippen LogP contribution is 2.25. The number of nitrogens with one attached hydrogen (secondary N) is 1. The highest BCUT2D eigenvalue weighted by molar-refractivity contribution is 5.95. The van der Waals surface area contributed by atoms with Gasteiger partial charge in [-0.25, -0.2) is 0 Å². The molecule has 2 amide bonds. The van der Waals surface area contributed by atoms with Crippen LogP contribution in [0.1, 0.15) is 40.5 Å². The molecule has 0 aliphatic carbocycles. The molecule has 0 bridgehead atoms. The number of hydrogen-bond donors (Lipinski definition) is 1. The van der Waals surface area contributed by atoms with Gasteiger partial charge in [0.1, 0.15) is 0 Å². The van der Waals surface area contributed by atoms with Gasteiger partial charge in [0.15, 0.2) is 6.10 Å². The Labute approximate surface area is 190 Å². The molecule has 1 aromatic carbocycles. The predicted molar refractivity (Wildman–Crippen MR) is 122 cm³/mol. The number of piperidine rings is 1. The Balaban J connectivity index is 1.45. The first-order valence-electron chi connectivity index (χ1n) is 11.4. The van der Waals surface area contributed by atoms with Crippen molar-refractivity contribution < 1.29 is 23.9 Å². The average molecular weight is 446 g/mol. The number of nitrogens with zero attached hydrogens (tertiary/aromatic N) is 2. The number of rotatable bonds is 5. The number of carbonyl (C=O) groups is 3. The van der Waals surface area contributed by atoms with Crippen LogP contribution in [0.4, 0.5) is 11.4 Å². The molecule has 1 N–H and O–H groups in total. The molecule has 8 nitrogen and oxygen atoms in total. The van der Waals surface area contributed by atoms with Gasteiger partial charge < -0.3 is 24.6 Å². The summed E-state index contributed by atoms with van der Waals surface area (Å²) in [7, 11) is 0. The van der Waals surface area contributed by atoms with Gasteiger partial charge in [-0.15, -0.1) is 0 Å². The van der Waals surface area contributed by atoms with E-state index in [1.54, 1.807) is 11.8 Å². The van der Waals surface area contributed by atoms with Gasteiger partial charge in [-0.3, -0.25) is 14.4 Å². The first-order valence-corrected chi connectivity index (χ1v) is 11.4. The van der Waals surface area contributed by atoms with E-state index in [0.717, 1.165) is 18.8 Å². The molecule has 0 saturated carbocycles. The van der Waals surface area contributed by atoms with E-state index in [9.17, 15) is 14.4 Å². The summed E-state index contributed by atoms with van der Waals surface area (Å²) in [4.78, 5) is 41.5. The third-order valence-corrected chi connectivity index (χ3v) is 5.93. The highest BCUT2D eigenvalue weighted by Gasteiger charge is 2.34. The van der Waals surface area contributed by atoms with Crippen molar-refractivity contribution in [2.45, 2.75) is 46.6 Å². The van der Waals surface area contributed by atoms with Crippen molar-refractivity contribution in [3.63, 3.8) is 0 Å². The van der Waals surface area contributed by atoms with Crippen molar-refractivity contribution in [2.75, 3.05) is 49.6 Å². The third kappa shape index (κ3) is 6.22. The summed E-state index contributed by atoms with van der Waals surface area (Å²) in [6.45, 7) is 11.5. The van der Waals surface area contributed by atoms with Gasteiger partial charge in [0.05, 0.1) is 19.1 Å². The number of anilines is 2. The number of amides is 2. The molecule has 8 heteroatoms. The first-order chi connectivity index (χ1) is 15.1. The van der Waals surface area contributed by atoms with Crippen LogP contribution in [0, 0.1) is 11.3 Å². The molecule has 176 valence electrons. The molecule has 2 aliphatic rings. The summed E-state index contributed by atoms with van der Waals surface area (Å²) >= 11 is 0. The van der Waals surface area contributed by atoms with Gasteiger partial charge in [-0.1, -0.05) is 20.8 Å². The maximum Gasteiger partial charge on any atom is 0.309 e. The van der Waals surface area contributed by atoms with E-state index in [2.05, 4.69) is 10.2 Å². The molecule has 2 heterocycles. The summed E-state index contributed by atoms with van der Waals surface area (Å²) in [5.41, 5.74) is 1.31. The third-order valence-electron chi connectivity index (χ3n) is 5.93. The molecule has 0 radical (unpaired) electrons. The van der Waals surface area contributed by atoms with Gasteiger partial charge in [0.2, 0.25) is 5.91 Å². The van der Waals surface area contributed by atoms with Gasteiger partial charge in [0, 0.05) is 43.0 Å². The van der Waals surface area contributed by atoms with Gasteiger partial charge in [-0.05, 0) is 44.0 Å². The van der Waals surface area contributed by atoms with E-state index in [0.29, 0.717) is 44.8 Å². The molecule has 0 unspecified atom stereocenters. The minimum Gasteiger partial charge on any atom is -0.452 e. The summed E-state index contributed by atoms with van der Waals surface area (Å²) in [5, 5.41) is 2.81. The number of esters is 1. The van der Waals surface area contributed by atoms with E-state index in [-0.39, 0.29) is 23.7 Å². The van der Waals surface area contributed by atoms with Crippen LogP contribution in [0.3, 0.4) is 0 Å². The average Bonchev–Trinajstić information content (AvgIpc) is 2.79. The molecule has 0 spiro atoms. The van der Waals surface area contributed by atoms with Crippen molar-refractivity contribution in [1.29, 1.82) is 0 Å². The standard InChI is InChI=1S/C24H35N3O5/c1-17(32-22(29)18-9-11-27(12-10-18)23(30)24(2,3)4)21(28)25-19-5-7-20(8-6-19)26-13-15-31-16-14-26/h5-8,17-18H,9-16H2,1-4H3,(H,25,28)/t17-/m0/s1. The largest absolute Gasteiger partial charge is 0.452 e. The lowest BCUT2D eigenvalue weighted by Crippen LogP contribution is -2.45. The fourth-order valence-corrected chi connectivity index (χ4v) is 3.94. The normalized spacial score (nSPS) is 18.8. The van der Waals surface area contributed by atoms with E-state index in [1.165, 1.54) is 0 Å². The minimum atomic E-state index is -0.893. The Hall–Kier alpha value is -2.61. The van der Waals surface area contributed by atoms with E-state index in [4.69, 9.17) is 9.47 Å². The van der Waals surface area contributed by atoms with Crippen LogP contribution in [0.5, 0.6) is 0 Å². The molecular weight excluding hydrogens is 410 g/mol. The van der Waals surface area contributed by atoms with E-state index < -0.39 is 11.5 Å². The van der Waals surface area contributed by atoms with Crippen molar-refractivity contribution in [2.24, 2.45) is 11.3 Å². The van der Waals surface area contributed by atoms with E-state index in [1.807, 2.05) is 45.0 Å². The van der Waals surface area contributed by atoms with Crippen LogP contribution in [0.25, 0.3) is 0 Å². The van der Waals surface area contributed by atoms with Gasteiger partial charge in [-0.2, -0.15) is 0 Å². The Bertz CT molecular complexity index is 804. The quantitative estimate of drug-likeness (QED) is 0.701. The lowest BCUT2D eigenvalue weighted by atomic mass is 9.91. The fraction of sp³-hybridized carbons (Fsp3) is 0.625. The van der Waals surface area contributed by atoms with Crippen molar-refractivity contribution in [3.8, 4) is 0 Å². The molecule has 1 aromatic rings. The monoisotopic (exact) mass is 445 g/mol. The number of likely N-dealkylation sites (tertiary alicyclic amines) is 1. The summed E-state index contributed by atoms with van der Waals surface area (Å²) < 4.78 is 10.8. The zero-order chi connectivity index (χ0) is 23.3.